The lowest BCUT2D eigenvalue weighted by Crippen LogP contribution is -2.29. The van der Waals surface area contributed by atoms with Crippen LogP contribution in [0.15, 0.2) is 48.7 Å². The molecular formula is C20H19IN4OS. The SMILES string of the molecule is Cc1[nH]c(C)c([C@H]2[C@@H](c3ccccn3)NC(=S)N2c2ccc(O)cc2)c1I. The highest BCUT2D eigenvalue weighted by atomic mass is 127. The van der Waals surface area contributed by atoms with E-state index < -0.39 is 0 Å². The topological polar surface area (TPSA) is 64.2 Å². The molecule has 138 valence electrons. The van der Waals surface area contributed by atoms with E-state index in [9.17, 15) is 5.11 Å². The number of pyridine rings is 1. The number of aromatic nitrogens is 2. The van der Waals surface area contributed by atoms with Crippen molar-refractivity contribution in [2.45, 2.75) is 25.9 Å². The minimum atomic E-state index is -0.0741. The monoisotopic (exact) mass is 490 g/mol. The summed E-state index contributed by atoms with van der Waals surface area (Å²) in [6.45, 7) is 4.18. The Balaban J connectivity index is 1.89. The van der Waals surface area contributed by atoms with Crippen LogP contribution >= 0.6 is 34.8 Å². The number of anilines is 1. The van der Waals surface area contributed by atoms with Gasteiger partial charge in [0, 0.05) is 32.4 Å². The molecule has 2 aromatic heterocycles. The summed E-state index contributed by atoms with van der Waals surface area (Å²) in [7, 11) is 0. The standard InChI is InChI=1S/C20H19IN4OS/c1-11-16(17(21)12(2)23-11)19-18(15-5-3-4-10-22-15)24-20(27)25(19)13-6-8-14(26)9-7-13/h3-10,18-19,23,26H,1-2H3,(H,24,27)/t18-,19+/m1/s1. The zero-order valence-corrected chi connectivity index (χ0v) is 17.9. The molecule has 27 heavy (non-hydrogen) atoms. The fourth-order valence-corrected chi connectivity index (χ4v) is 4.87. The highest BCUT2D eigenvalue weighted by Gasteiger charge is 2.42. The van der Waals surface area contributed by atoms with Crippen LogP contribution in [-0.4, -0.2) is 20.2 Å². The molecule has 4 rings (SSSR count). The van der Waals surface area contributed by atoms with Gasteiger partial charge in [-0.1, -0.05) is 6.07 Å². The molecule has 0 saturated carbocycles. The summed E-state index contributed by atoms with van der Waals surface area (Å²) >= 11 is 8.11. The number of thiocarbonyl (C=S) groups is 1. The van der Waals surface area contributed by atoms with E-state index in [1.807, 2.05) is 30.3 Å². The summed E-state index contributed by atoms with van der Waals surface area (Å²) in [5.74, 6) is 0.234. The van der Waals surface area contributed by atoms with Crippen LogP contribution in [0.1, 0.15) is 34.7 Å². The van der Waals surface area contributed by atoms with Crippen molar-refractivity contribution in [3.8, 4) is 5.75 Å². The van der Waals surface area contributed by atoms with Gasteiger partial charge in [0.05, 0.1) is 17.8 Å². The Hall–Kier alpha value is -2.13. The smallest absolute Gasteiger partial charge is 0.174 e. The van der Waals surface area contributed by atoms with Crippen LogP contribution in [0.4, 0.5) is 5.69 Å². The molecule has 1 fully saturated rings. The molecule has 3 heterocycles. The van der Waals surface area contributed by atoms with Crippen LogP contribution in [0, 0.1) is 17.4 Å². The van der Waals surface area contributed by atoms with Crippen molar-refractivity contribution >= 4 is 45.6 Å². The first-order valence-corrected chi connectivity index (χ1v) is 10.1. The molecule has 0 aliphatic carbocycles. The second-order valence-corrected chi connectivity index (χ2v) is 8.08. The maximum Gasteiger partial charge on any atom is 0.174 e. The Morgan fingerprint density at radius 1 is 1.11 bits per heavy atom. The van der Waals surface area contributed by atoms with Gasteiger partial charge >= 0.3 is 0 Å². The number of aryl methyl sites for hydroxylation is 2. The molecule has 3 N–H and O–H groups in total. The van der Waals surface area contributed by atoms with Gasteiger partial charge in [0.1, 0.15) is 5.75 Å². The fraction of sp³-hybridized carbons (Fsp3) is 0.200. The van der Waals surface area contributed by atoms with Gasteiger partial charge in [-0.15, -0.1) is 0 Å². The molecule has 2 atom stereocenters. The maximum absolute atomic E-state index is 9.69. The third kappa shape index (κ3) is 3.19. The highest BCUT2D eigenvalue weighted by Crippen LogP contribution is 2.44. The maximum atomic E-state index is 9.69. The number of aromatic hydroxyl groups is 1. The summed E-state index contributed by atoms with van der Waals surface area (Å²) in [6, 6.07) is 13.0. The third-order valence-corrected chi connectivity index (χ3v) is 6.57. The average Bonchev–Trinajstić information content (AvgIpc) is 3.12. The van der Waals surface area contributed by atoms with Gasteiger partial charge in [0.25, 0.3) is 0 Å². The quantitative estimate of drug-likeness (QED) is 0.373. The predicted molar refractivity (Wildman–Crippen MR) is 119 cm³/mol. The first kappa shape index (κ1) is 18.2. The van der Waals surface area contributed by atoms with Gasteiger partial charge in [-0.3, -0.25) is 4.98 Å². The fourth-order valence-electron chi connectivity index (χ4n) is 3.66. The van der Waals surface area contributed by atoms with Crippen molar-refractivity contribution in [3.63, 3.8) is 0 Å². The van der Waals surface area contributed by atoms with Crippen LogP contribution in [0.2, 0.25) is 0 Å². The number of hydrogen-bond donors (Lipinski definition) is 3. The number of H-pyrrole nitrogens is 1. The van der Waals surface area contributed by atoms with E-state index in [0.717, 1.165) is 22.8 Å². The minimum Gasteiger partial charge on any atom is -0.508 e. The van der Waals surface area contributed by atoms with Crippen molar-refractivity contribution in [2.24, 2.45) is 0 Å². The summed E-state index contributed by atoms with van der Waals surface area (Å²) in [5.41, 5.74) is 5.36. The van der Waals surface area contributed by atoms with Crippen LogP contribution in [0.3, 0.4) is 0 Å². The molecule has 5 nitrogen and oxygen atoms in total. The zero-order valence-electron chi connectivity index (χ0n) is 14.9. The number of nitrogens with zero attached hydrogens (tertiary/aromatic N) is 2. The van der Waals surface area contributed by atoms with Crippen molar-refractivity contribution in [3.05, 3.63) is 74.9 Å². The summed E-state index contributed by atoms with van der Waals surface area (Å²) in [6.07, 6.45) is 1.81. The first-order chi connectivity index (χ1) is 13.0. The van der Waals surface area contributed by atoms with Gasteiger partial charge in [0.2, 0.25) is 0 Å². The molecular weight excluding hydrogens is 471 g/mol. The first-order valence-electron chi connectivity index (χ1n) is 8.61. The highest BCUT2D eigenvalue weighted by molar-refractivity contribution is 14.1. The van der Waals surface area contributed by atoms with Gasteiger partial charge < -0.3 is 20.3 Å². The Morgan fingerprint density at radius 3 is 2.44 bits per heavy atom. The molecule has 0 unspecified atom stereocenters. The summed E-state index contributed by atoms with van der Waals surface area (Å²) < 4.78 is 1.20. The molecule has 0 bridgehead atoms. The van der Waals surface area contributed by atoms with E-state index in [1.54, 1.807) is 18.3 Å². The number of phenolic OH excluding ortho intramolecular Hbond substituents is 1. The van der Waals surface area contributed by atoms with Crippen LogP contribution < -0.4 is 10.2 Å². The molecule has 1 aromatic carbocycles. The molecule has 3 aromatic rings. The lowest BCUT2D eigenvalue weighted by molar-refractivity contribution is 0.475. The number of hydrogen-bond acceptors (Lipinski definition) is 3. The normalized spacial score (nSPS) is 19.4. The van der Waals surface area contributed by atoms with E-state index >= 15 is 0 Å². The second-order valence-electron chi connectivity index (χ2n) is 6.62. The Morgan fingerprint density at radius 2 is 1.85 bits per heavy atom. The van der Waals surface area contributed by atoms with Gasteiger partial charge in [0.15, 0.2) is 5.11 Å². The Labute approximate surface area is 177 Å². The van der Waals surface area contributed by atoms with E-state index in [0.29, 0.717) is 5.11 Å². The largest absolute Gasteiger partial charge is 0.508 e. The minimum absolute atomic E-state index is 0.0474. The Kier molecular flexibility index (Phi) is 4.81. The van der Waals surface area contributed by atoms with Crippen molar-refractivity contribution in [1.82, 2.24) is 15.3 Å². The van der Waals surface area contributed by atoms with Crippen LogP contribution in [0.5, 0.6) is 5.75 Å². The molecule has 1 saturated heterocycles. The van der Waals surface area contributed by atoms with E-state index in [1.165, 1.54) is 9.13 Å². The van der Waals surface area contributed by atoms with Crippen LogP contribution in [0.25, 0.3) is 0 Å². The lowest BCUT2D eigenvalue weighted by atomic mass is 9.96. The van der Waals surface area contributed by atoms with E-state index in [4.69, 9.17) is 12.2 Å². The Bertz CT molecular complexity index is 987. The number of rotatable bonds is 3. The van der Waals surface area contributed by atoms with Gasteiger partial charge in [-0.2, -0.15) is 0 Å². The van der Waals surface area contributed by atoms with Crippen LogP contribution in [-0.2, 0) is 0 Å². The number of phenols is 1. The predicted octanol–water partition coefficient (Wildman–Crippen LogP) is 4.51. The van der Waals surface area contributed by atoms with E-state index in [2.05, 4.69) is 56.6 Å². The number of nitrogens with one attached hydrogen (secondary N) is 2. The number of benzene rings is 1. The second kappa shape index (κ2) is 7.12. The molecule has 1 aliphatic rings. The number of halogens is 1. The van der Waals surface area contributed by atoms with Crippen molar-refractivity contribution in [2.75, 3.05) is 4.90 Å². The summed E-state index contributed by atoms with van der Waals surface area (Å²) in [4.78, 5) is 10.1. The molecule has 0 amide bonds. The molecule has 0 spiro atoms. The third-order valence-electron chi connectivity index (χ3n) is 4.87. The number of aromatic amines is 1. The van der Waals surface area contributed by atoms with Crippen molar-refractivity contribution < 1.29 is 5.11 Å². The lowest BCUT2D eigenvalue weighted by Gasteiger charge is -2.28. The molecule has 1 aliphatic heterocycles. The molecule has 7 heteroatoms. The van der Waals surface area contributed by atoms with E-state index in [-0.39, 0.29) is 17.8 Å². The van der Waals surface area contributed by atoms with Crippen molar-refractivity contribution in [1.29, 1.82) is 0 Å². The van der Waals surface area contributed by atoms with Gasteiger partial charge in [-0.25, -0.2) is 0 Å². The zero-order chi connectivity index (χ0) is 19.1. The molecule has 0 radical (unpaired) electrons. The average molecular weight is 490 g/mol. The van der Waals surface area contributed by atoms with Gasteiger partial charge in [-0.05, 0) is 85.1 Å². The summed E-state index contributed by atoms with van der Waals surface area (Å²) in [5, 5.41) is 13.8.